The molecule has 0 aliphatic rings. The Balaban J connectivity index is 3.92. The van der Waals surface area contributed by atoms with Gasteiger partial charge in [0.2, 0.25) is 0 Å². The fraction of sp³-hybridized carbons (Fsp3) is 0.969. The van der Waals surface area contributed by atoms with Gasteiger partial charge in [-0.15, -0.1) is 0 Å². The van der Waals surface area contributed by atoms with Crippen LogP contribution in [0, 0.1) is 5.41 Å². The first-order valence-corrected chi connectivity index (χ1v) is 18.6. The smallest absolute Gasteiger partial charge is 0.311 e. The molecule has 0 aromatic heterocycles. The molecule has 4 nitrogen and oxygen atoms in total. The van der Waals surface area contributed by atoms with Gasteiger partial charge in [-0.05, 0) is 45.3 Å². The maximum Gasteiger partial charge on any atom is 0.311 e. The van der Waals surface area contributed by atoms with E-state index in [-0.39, 0.29) is 23.7 Å². The highest BCUT2D eigenvalue weighted by atomic mass is 28.4. The van der Waals surface area contributed by atoms with Crippen molar-refractivity contribution in [1.29, 1.82) is 0 Å². The number of unbranched alkanes of at least 4 members (excludes halogenated alkanes) is 15. The molecular weight excluding hydrogens is 476 g/mol. The number of carbonyl (C=O) groups is 1. The van der Waals surface area contributed by atoms with Crippen molar-refractivity contribution in [2.45, 2.75) is 175 Å². The Morgan fingerprint density at radius 3 is 1.43 bits per heavy atom. The third kappa shape index (κ3) is 20.2. The molecule has 0 N–H and O–H groups in total. The first kappa shape index (κ1) is 36.6. The van der Waals surface area contributed by atoms with Gasteiger partial charge < -0.3 is 13.9 Å². The van der Waals surface area contributed by atoms with Gasteiger partial charge in [0.1, 0.15) is 12.7 Å². The van der Waals surface area contributed by atoms with Crippen molar-refractivity contribution in [2.24, 2.45) is 5.41 Å². The largest absolute Gasteiger partial charge is 0.462 e. The summed E-state index contributed by atoms with van der Waals surface area (Å²) in [6, 6.07) is 0. The molecule has 0 spiro atoms. The van der Waals surface area contributed by atoms with Crippen LogP contribution in [0.1, 0.15) is 151 Å². The summed E-state index contributed by atoms with van der Waals surface area (Å²) in [7, 11) is -1.97. The second kappa shape index (κ2) is 20.5. The quantitative estimate of drug-likeness (QED) is 0.0731. The lowest BCUT2D eigenvalue weighted by atomic mass is 9.97. The molecule has 0 aliphatic heterocycles. The normalized spacial score (nSPS) is 13.6. The highest BCUT2D eigenvalue weighted by Gasteiger charge is 2.39. The Morgan fingerprint density at radius 1 is 0.649 bits per heavy atom. The standard InChI is InChI=1S/C32H66O4Si/c1-10-11-12-13-14-15-16-17-18-19-20-21-22-23-24-25-26-34-27-29(28-35-30(33)31(2,3)4)36-37(8,9)32(5,6)7/h29H,10-28H2,1-9H3/t29-/m1/s1. The van der Waals surface area contributed by atoms with Crippen LogP contribution in [0.15, 0.2) is 0 Å². The number of carbonyl (C=O) groups excluding carboxylic acids is 1. The van der Waals surface area contributed by atoms with Crippen molar-refractivity contribution in [3.8, 4) is 0 Å². The molecule has 222 valence electrons. The summed E-state index contributed by atoms with van der Waals surface area (Å²) in [6.45, 7) is 20.6. The molecule has 0 unspecified atom stereocenters. The molecule has 0 saturated heterocycles. The van der Waals surface area contributed by atoms with Crippen molar-refractivity contribution in [3.05, 3.63) is 0 Å². The van der Waals surface area contributed by atoms with Crippen molar-refractivity contribution in [3.63, 3.8) is 0 Å². The summed E-state index contributed by atoms with van der Waals surface area (Å²) in [5.74, 6) is -0.186. The number of rotatable bonds is 23. The van der Waals surface area contributed by atoms with Crippen LogP contribution < -0.4 is 0 Å². The van der Waals surface area contributed by atoms with Crippen LogP contribution in [0.25, 0.3) is 0 Å². The fourth-order valence-electron chi connectivity index (χ4n) is 4.06. The van der Waals surface area contributed by atoms with E-state index in [1.807, 2.05) is 20.8 Å². The zero-order valence-electron chi connectivity index (χ0n) is 26.6. The van der Waals surface area contributed by atoms with E-state index in [9.17, 15) is 4.79 Å². The highest BCUT2D eigenvalue weighted by Crippen LogP contribution is 2.37. The molecule has 0 heterocycles. The van der Waals surface area contributed by atoms with Crippen LogP contribution in [0.2, 0.25) is 18.1 Å². The third-order valence-electron chi connectivity index (χ3n) is 7.73. The SMILES string of the molecule is CCCCCCCCCCCCCCCCCCOC[C@H](COC(=O)C(C)(C)C)O[Si](C)(C)C(C)(C)C. The Bertz CT molecular complexity index is 548. The topological polar surface area (TPSA) is 44.8 Å². The van der Waals surface area contributed by atoms with E-state index < -0.39 is 13.7 Å². The Labute approximate surface area is 233 Å². The van der Waals surface area contributed by atoms with Gasteiger partial charge in [-0.2, -0.15) is 0 Å². The minimum absolute atomic E-state index is 0.104. The molecule has 0 bridgehead atoms. The molecule has 0 fully saturated rings. The summed E-state index contributed by atoms with van der Waals surface area (Å²) in [6.07, 6.45) is 21.8. The zero-order chi connectivity index (χ0) is 28.2. The molecular formula is C32H66O4Si. The van der Waals surface area contributed by atoms with E-state index in [2.05, 4.69) is 40.8 Å². The summed E-state index contributed by atoms with van der Waals surface area (Å²) in [4.78, 5) is 12.3. The van der Waals surface area contributed by atoms with E-state index >= 15 is 0 Å². The minimum atomic E-state index is -1.97. The minimum Gasteiger partial charge on any atom is -0.462 e. The Hall–Kier alpha value is -0.393. The first-order chi connectivity index (χ1) is 17.3. The van der Waals surface area contributed by atoms with Crippen LogP contribution in [-0.2, 0) is 18.7 Å². The highest BCUT2D eigenvalue weighted by molar-refractivity contribution is 6.74. The predicted molar refractivity (Wildman–Crippen MR) is 163 cm³/mol. The molecule has 37 heavy (non-hydrogen) atoms. The van der Waals surface area contributed by atoms with Gasteiger partial charge >= 0.3 is 5.97 Å². The Morgan fingerprint density at radius 2 is 1.05 bits per heavy atom. The molecule has 0 aliphatic carbocycles. The molecule has 1 atom stereocenters. The van der Waals surface area contributed by atoms with Crippen LogP contribution in [-0.4, -0.2) is 40.2 Å². The lowest BCUT2D eigenvalue weighted by Crippen LogP contribution is -2.46. The second-order valence-corrected chi connectivity index (χ2v) is 18.5. The molecule has 0 amide bonds. The molecule has 0 aromatic carbocycles. The van der Waals surface area contributed by atoms with Gasteiger partial charge in [-0.3, -0.25) is 4.79 Å². The van der Waals surface area contributed by atoms with Crippen molar-refractivity contribution in [2.75, 3.05) is 19.8 Å². The maximum atomic E-state index is 12.3. The zero-order valence-corrected chi connectivity index (χ0v) is 27.6. The van der Waals surface area contributed by atoms with E-state index in [0.717, 1.165) is 13.0 Å². The summed E-state index contributed by atoms with van der Waals surface area (Å²) >= 11 is 0. The van der Waals surface area contributed by atoms with Crippen molar-refractivity contribution in [1.82, 2.24) is 0 Å². The van der Waals surface area contributed by atoms with E-state index in [1.54, 1.807) is 0 Å². The van der Waals surface area contributed by atoms with Crippen LogP contribution in [0.5, 0.6) is 0 Å². The third-order valence-corrected chi connectivity index (χ3v) is 12.3. The molecule has 0 aromatic rings. The predicted octanol–water partition coefficient (Wildman–Crippen LogP) is 10.2. The summed E-state index contributed by atoms with van der Waals surface area (Å²) in [5, 5.41) is 0.104. The molecule has 0 radical (unpaired) electrons. The molecule has 5 heteroatoms. The average Bonchev–Trinajstić information content (AvgIpc) is 2.79. The lowest BCUT2D eigenvalue weighted by molar-refractivity contribution is -0.156. The number of hydrogen-bond acceptors (Lipinski definition) is 4. The Kier molecular flexibility index (Phi) is 20.3. The van der Waals surface area contributed by atoms with E-state index in [4.69, 9.17) is 13.9 Å². The van der Waals surface area contributed by atoms with Gasteiger partial charge in [0.25, 0.3) is 0 Å². The van der Waals surface area contributed by atoms with E-state index in [1.165, 1.54) is 96.3 Å². The van der Waals surface area contributed by atoms with Crippen LogP contribution in [0.3, 0.4) is 0 Å². The number of hydrogen-bond donors (Lipinski definition) is 0. The number of esters is 1. The van der Waals surface area contributed by atoms with E-state index in [0.29, 0.717) is 6.61 Å². The number of ether oxygens (including phenoxy) is 2. The molecule has 0 rings (SSSR count). The fourth-order valence-corrected chi connectivity index (χ4v) is 5.38. The monoisotopic (exact) mass is 542 g/mol. The first-order valence-electron chi connectivity index (χ1n) is 15.7. The van der Waals surface area contributed by atoms with Gasteiger partial charge in [0.05, 0.1) is 12.0 Å². The maximum absolute atomic E-state index is 12.3. The summed E-state index contributed by atoms with van der Waals surface area (Å²) in [5.41, 5.74) is -0.504. The van der Waals surface area contributed by atoms with Crippen LogP contribution >= 0.6 is 0 Å². The van der Waals surface area contributed by atoms with Crippen molar-refractivity contribution >= 4 is 14.3 Å². The summed E-state index contributed by atoms with van der Waals surface area (Å²) < 4.78 is 18.1. The van der Waals surface area contributed by atoms with Gasteiger partial charge in [0.15, 0.2) is 8.32 Å². The lowest BCUT2D eigenvalue weighted by Gasteiger charge is -2.39. The molecule has 0 saturated carbocycles. The second-order valence-electron chi connectivity index (χ2n) is 13.7. The van der Waals surface area contributed by atoms with Crippen molar-refractivity contribution < 1.29 is 18.7 Å². The average molecular weight is 543 g/mol. The van der Waals surface area contributed by atoms with Gasteiger partial charge in [0, 0.05) is 6.61 Å². The van der Waals surface area contributed by atoms with Gasteiger partial charge in [-0.1, -0.05) is 124 Å². The van der Waals surface area contributed by atoms with Gasteiger partial charge in [-0.25, -0.2) is 0 Å². The van der Waals surface area contributed by atoms with Crippen LogP contribution in [0.4, 0.5) is 0 Å².